The van der Waals surface area contributed by atoms with Crippen molar-refractivity contribution >= 4 is 17.9 Å². The summed E-state index contributed by atoms with van der Waals surface area (Å²) in [4.78, 5) is 30.0. The first-order valence-corrected chi connectivity index (χ1v) is 7.21. The Morgan fingerprint density at radius 1 is 0.917 bits per heavy atom. The molecule has 8 nitrogen and oxygen atoms in total. The number of aliphatic carboxylic acids is 2. The van der Waals surface area contributed by atoms with Crippen molar-refractivity contribution in [3.8, 4) is 0 Å². The first-order chi connectivity index (χ1) is 11.2. The van der Waals surface area contributed by atoms with E-state index < -0.39 is 24.0 Å². The van der Waals surface area contributed by atoms with Gasteiger partial charge in [0.25, 0.3) is 0 Å². The number of aliphatic hydroxyl groups is 2. The highest BCUT2D eigenvalue weighted by Gasteiger charge is 1.99. The summed E-state index contributed by atoms with van der Waals surface area (Å²) in [6.07, 6.45) is 0.457. The van der Waals surface area contributed by atoms with Crippen LogP contribution in [-0.4, -0.2) is 56.2 Å². The summed E-state index contributed by atoms with van der Waals surface area (Å²) in [6.45, 7) is 1.39. The molecule has 8 heteroatoms. The van der Waals surface area contributed by atoms with Crippen LogP contribution < -0.4 is 0 Å². The Morgan fingerprint density at radius 3 is 1.50 bits per heavy atom. The van der Waals surface area contributed by atoms with Crippen molar-refractivity contribution in [2.75, 3.05) is 6.61 Å². The number of hydrogen-bond donors (Lipinski definition) is 5. The number of aromatic carboxylic acids is 1. The van der Waals surface area contributed by atoms with E-state index in [1.165, 1.54) is 6.92 Å². The minimum atomic E-state index is -0.879. The lowest BCUT2D eigenvalue weighted by Crippen LogP contribution is -2.03. The number of unbranched alkanes of at least 4 members (excludes halogenated alkanes) is 1. The molecule has 0 saturated heterocycles. The summed E-state index contributed by atoms with van der Waals surface area (Å²) in [7, 11) is 0. The third-order valence-electron chi connectivity index (χ3n) is 2.32. The molecule has 1 unspecified atom stereocenters. The first kappa shape index (κ1) is 23.8. The highest BCUT2D eigenvalue weighted by atomic mass is 16.4. The Morgan fingerprint density at radius 2 is 1.29 bits per heavy atom. The molecule has 0 saturated carbocycles. The second kappa shape index (κ2) is 15.4. The molecule has 0 radical (unpaired) electrons. The third-order valence-corrected chi connectivity index (χ3v) is 2.32. The van der Waals surface area contributed by atoms with Crippen LogP contribution in [0.3, 0.4) is 0 Å². The molecule has 0 aliphatic heterocycles. The molecule has 0 amide bonds. The Hall–Kier alpha value is -2.45. The van der Waals surface area contributed by atoms with Crippen molar-refractivity contribution in [2.24, 2.45) is 0 Å². The van der Waals surface area contributed by atoms with Crippen molar-refractivity contribution in [1.29, 1.82) is 0 Å². The van der Waals surface area contributed by atoms with E-state index >= 15 is 0 Å². The first-order valence-electron chi connectivity index (χ1n) is 7.21. The number of carboxylic acid groups (broad SMARTS) is 3. The Bertz CT molecular complexity index is 454. The van der Waals surface area contributed by atoms with Gasteiger partial charge in [-0.25, -0.2) is 4.79 Å². The van der Waals surface area contributed by atoms with Gasteiger partial charge in [-0.1, -0.05) is 18.2 Å². The molecule has 0 heterocycles. The molecule has 0 aliphatic rings. The monoisotopic (exact) mass is 344 g/mol. The maximum atomic E-state index is 10.2. The SMILES string of the molecule is CC(O)CO.O=C(O)CCCCC(=O)O.O=C(O)c1ccccc1. The molecular weight excluding hydrogens is 320 g/mol. The molecule has 0 aromatic heterocycles. The van der Waals surface area contributed by atoms with Gasteiger partial charge in [0, 0.05) is 12.8 Å². The van der Waals surface area contributed by atoms with Crippen molar-refractivity contribution in [1.82, 2.24) is 0 Å². The summed E-state index contributed by atoms with van der Waals surface area (Å²) >= 11 is 0. The number of benzene rings is 1. The molecule has 0 aliphatic carbocycles. The fourth-order valence-corrected chi connectivity index (χ4v) is 1.13. The van der Waals surface area contributed by atoms with Gasteiger partial charge in [-0.15, -0.1) is 0 Å². The average molecular weight is 344 g/mol. The number of carboxylic acids is 3. The molecule has 0 fully saturated rings. The minimum Gasteiger partial charge on any atom is -0.481 e. The van der Waals surface area contributed by atoms with Crippen molar-refractivity contribution in [2.45, 2.75) is 38.7 Å². The van der Waals surface area contributed by atoms with Gasteiger partial charge < -0.3 is 25.5 Å². The largest absolute Gasteiger partial charge is 0.481 e. The molecule has 136 valence electrons. The van der Waals surface area contributed by atoms with Crippen LogP contribution in [0.1, 0.15) is 43.0 Å². The van der Waals surface area contributed by atoms with E-state index in [0.29, 0.717) is 18.4 Å². The van der Waals surface area contributed by atoms with Crippen LogP contribution in [0.15, 0.2) is 30.3 Å². The Labute approximate surface area is 140 Å². The summed E-state index contributed by atoms with van der Waals surface area (Å²) in [5.74, 6) is -2.62. The second-order valence-electron chi connectivity index (χ2n) is 4.70. The predicted molar refractivity (Wildman–Crippen MR) is 85.9 cm³/mol. The van der Waals surface area contributed by atoms with Crippen LogP contribution in [0.4, 0.5) is 0 Å². The van der Waals surface area contributed by atoms with Gasteiger partial charge in [-0.05, 0) is 31.9 Å². The highest BCUT2D eigenvalue weighted by Crippen LogP contribution is 1.98. The number of carbonyl (C=O) groups is 3. The molecule has 1 rings (SSSR count). The number of hydrogen-bond acceptors (Lipinski definition) is 5. The molecule has 1 atom stereocenters. The zero-order chi connectivity index (χ0) is 19.0. The van der Waals surface area contributed by atoms with E-state index in [9.17, 15) is 14.4 Å². The second-order valence-corrected chi connectivity index (χ2v) is 4.70. The van der Waals surface area contributed by atoms with E-state index in [1.807, 2.05) is 0 Å². The fourth-order valence-electron chi connectivity index (χ4n) is 1.13. The molecule has 5 N–H and O–H groups in total. The zero-order valence-electron chi connectivity index (χ0n) is 13.5. The van der Waals surface area contributed by atoms with Gasteiger partial charge in [-0.2, -0.15) is 0 Å². The van der Waals surface area contributed by atoms with Gasteiger partial charge in [0.1, 0.15) is 0 Å². The summed E-state index contributed by atoms with van der Waals surface area (Å²) in [6, 6.07) is 8.30. The molecule has 0 bridgehead atoms. The van der Waals surface area contributed by atoms with Crippen molar-refractivity contribution in [3.05, 3.63) is 35.9 Å². The fraction of sp³-hybridized carbons (Fsp3) is 0.438. The van der Waals surface area contributed by atoms with Crippen LogP contribution in [0.25, 0.3) is 0 Å². The number of aliphatic hydroxyl groups excluding tert-OH is 2. The molecular formula is C16H24O8. The summed E-state index contributed by atoms with van der Waals surface area (Å²) in [5.41, 5.74) is 0.331. The Kier molecular flexibility index (Phi) is 15.3. The maximum Gasteiger partial charge on any atom is 0.335 e. The van der Waals surface area contributed by atoms with Crippen molar-refractivity contribution in [3.63, 3.8) is 0 Å². The standard InChI is InChI=1S/C7H6O2.C6H10O4.C3H8O2/c8-7(9)6-4-2-1-3-5-6;7-5(8)3-1-2-4-6(9)10;1-3(5)2-4/h1-5H,(H,8,9);1-4H2,(H,7,8)(H,9,10);3-5H,2H2,1H3. The van der Waals surface area contributed by atoms with Gasteiger partial charge in [0.05, 0.1) is 18.3 Å². The molecule has 24 heavy (non-hydrogen) atoms. The predicted octanol–water partition coefficient (Wildman–Crippen LogP) is 1.46. The average Bonchev–Trinajstić information content (AvgIpc) is 2.53. The van der Waals surface area contributed by atoms with Crippen LogP contribution in [0, 0.1) is 0 Å². The van der Waals surface area contributed by atoms with Gasteiger partial charge in [-0.3, -0.25) is 9.59 Å². The van der Waals surface area contributed by atoms with Crippen LogP contribution >= 0.6 is 0 Å². The third kappa shape index (κ3) is 19.6. The van der Waals surface area contributed by atoms with Crippen LogP contribution in [0.5, 0.6) is 0 Å². The zero-order valence-corrected chi connectivity index (χ0v) is 13.5. The highest BCUT2D eigenvalue weighted by molar-refractivity contribution is 5.87. The summed E-state index contributed by atoms with van der Waals surface area (Å²) < 4.78 is 0. The lowest BCUT2D eigenvalue weighted by atomic mass is 10.2. The van der Waals surface area contributed by atoms with Crippen LogP contribution in [-0.2, 0) is 9.59 Å². The van der Waals surface area contributed by atoms with Crippen LogP contribution in [0.2, 0.25) is 0 Å². The van der Waals surface area contributed by atoms with E-state index in [2.05, 4.69) is 0 Å². The topological polar surface area (TPSA) is 152 Å². The molecule has 1 aromatic carbocycles. The van der Waals surface area contributed by atoms with E-state index in [0.717, 1.165) is 0 Å². The van der Waals surface area contributed by atoms with E-state index in [4.69, 9.17) is 25.5 Å². The summed E-state index contributed by atoms with van der Waals surface area (Å²) in [5, 5.41) is 40.7. The lowest BCUT2D eigenvalue weighted by molar-refractivity contribution is -0.139. The quantitative estimate of drug-likeness (QED) is 0.466. The molecule has 0 spiro atoms. The molecule has 1 aromatic rings. The van der Waals surface area contributed by atoms with Gasteiger partial charge >= 0.3 is 17.9 Å². The lowest BCUT2D eigenvalue weighted by Gasteiger charge is -1.92. The minimum absolute atomic E-state index is 0.0628. The van der Waals surface area contributed by atoms with E-state index in [-0.39, 0.29) is 19.4 Å². The Balaban J connectivity index is 0. The number of rotatable bonds is 7. The van der Waals surface area contributed by atoms with Gasteiger partial charge in [0.2, 0.25) is 0 Å². The van der Waals surface area contributed by atoms with Gasteiger partial charge in [0.15, 0.2) is 0 Å². The smallest absolute Gasteiger partial charge is 0.335 e. The van der Waals surface area contributed by atoms with E-state index in [1.54, 1.807) is 30.3 Å². The van der Waals surface area contributed by atoms with Crippen molar-refractivity contribution < 1.29 is 39.9 Å². The maximum absolute atomic E-state index is 10.2. The normalized spacial score (nSPS) is 10.3.